The van der Waals surface area contributed by atoms with Gasteiger partial charge in [-0.05, 0) is 124 Å². The molecule has 2 aromatic carbocycles. The van der Waals surface area contributed by atoms with Gasteiger partial charge in [-0.3, -0.25) is 43.5 Å². The van der Waals surface area contributed by atoms with E-state index in [1.807, 2.05) is 34.5 Å². The maximum Gasteiger partial charge on any atom is 0.257 e. The summed E-state index contributed by atoms with van der Waals surface area (Å²) in [5, 5.41) is 14.0. The van der Waals surface area contributed by atoms with Crippen molar-refractivity contribution >= 4 is 40.1 Å². The Morgan fingerprint density at radius 3 is 2.24 bits per heavy atom. The van der Waals surface area contributed by atoms with Crippen LogP contribution in [0.4, 0.5) is 24.5 Å². The van der Waals surface area contributed by atoms with Crippen LogP contribution in [-0.2, 0) is 42.8 Å². The molecule has 0 saturated carbocycles. The van der Waals surface area contributed by atoms with Gasteiger partial charge in [-0.25, -0.2) is 18.2 Å². The largest absolute Gasteiger partial charge is 0.388 e. The molecule has 4 aliphatic rings. The molecular formula is C50H54F3N11O4. The van der Waals surface area contributed by atoms with E-state index in [-0.39, 0.29) is 53.2 Å². The van der Waals surface area contributed by atoms with Crippen molar-refractivity contribution < 1.29 is 27.6 Å². The normalized spacial score (nSPS) is 18.8. The lowest BCUT2D eigenvalue weighted by Gasteiger charge is -2.32. The Bertz CT molecular complexity index is 2960. The van der Waals surface area contributed by atoms with Crippen molar-refractivity contribution in [1.82, 2.24) is 43.9 Å². The molecule has 6 aromatic rings. The van der Waals surface area contributed by atoms with Crippen LogP contribution >= 0.6 is 0 Å². The number of fused-ring (bicyclic) bond motifs is 2. The van der Waals surface area contributed by atoms with Crippen LogP contribution in [0.2, 0.25) is 0 Å². The molecule has 1 atom stereocenters. The molecule has 0 bridgehead atoms. The summed E-state index contributed by atoms with van der Waals surface area (Å²) < 4.78 is 52.6. The second kappa shape index (κ2) is 18.7. The molecule has 354 valence electrons. The first-order chi connectivity index (χ1) is 32.9. The van der Waals surface area contributed by atoms with E-state index in [4.69, 9.17) is 5.10 Å². The number of anilines is 2. The third kappa shape index (κ3) is 9.01. The quantitative estimate of drug-likeness (QED) is 0.132. The molecule has 4 aromatic heterocycles. The van der Waals surface area contributed by atoms with Crippen LogP contribution < -0.4 is 21.5 Å². The van der Waals surface area contributed by atoms with E-state index in [9.17, 15) is 19.2 Å². The number of nitrogens with one attached hydrogen (secondary N) is 3. The van der Waals surface area contributed by atoms with E-state index in [0.717, 1.165) is 65.4 Å². The highest BCUT2D eigenvalue weighted by Crippen LogP contribution is 2.35. The summed E-state index contributed by atoms with van der Waals surface area (Å²) in [5.74, 6) is -3.15. The molecular weight excluding hydrogens is 876 g/mol. The summed E-state index contributed by atoms with van der Waals surface area (Å²) in [5.41, 5.74) is 5.95. The lowest BCUT2D eigenvalue weighted by atomic mass is 9.88. The number of aromatic nitrogens is 5. The molecule has 0 unspecified atom stereocenters. The molecule has 4 aliphatic heterocycles. The van der Waals surface area contributed by atoms with Crippen LogP contribution in [0.15, 0.2) is 77.9 Å². The number of hydrogen-bond acceptors (Lipinski definition) is 10. The van der Waals surface area contributed by atoms with Gasteiger partial charge in [0, 0.05) is 92.2 Å². The van der Waals surface area contributed by atoms with Gasteiger partial charge in [0.1, 0.15) is 29.1 Å². The third-order valence-electron chi connectivity index (χ3n) is 14.3. The van der Waals surface area contributed by atoms with Crippen molar-refractivity contribution in [2.24, 2.45) is 7.05 Å². The van der Waals surface area contributed by atoms with E-state index < -0.39 is 29.5 Å². The highest BCUT2D eigenvalue weighted by molar-refractivity contribution is 6.01. The number of imide groups is 1. The fraction of sp³-hybridized carbons (Fsp3) is 0.400. The summed E-state index contributed by atoms with van der Waals surface area (Å²) in [6, 6.07) is 16.0. The van der Waals surface area contributed by atoms with Gasteiger partial charge in [0.15, 0.2) is 0 Å². The lowest BCUT2D eigenvalue weighted by molar-refractivity contribution is -0.133. The van der Waals surface area contributed by atoms with Crippen LogP contribution in [0.25, 0.3) is 16.7 Å². The second-order valence-corrected chi connectivity index (χ2v) is 18.6. The lowest BCUT2D eigenvalue weighted by Crippen LogP contribution is -2.47. The van der Waals surface area contributed by atoms with E-state index in [0.29, 0.717) is 69.8 Å². The van der Waals surface area contributed by atoms with Gasteiger partial charge in [-0.1, -0.05) is 6.07 Å². The van der Waals surface area contributed by atoms with Crippen molar-refractivity contribution in [3.8, 4) is 5.69 Å². The molecule has 0 radical (unpaired) electrons. The number of likely N-dealkylation sites (tertiary alicyclic amines) is 2. The first-order valence-corrected chi connectivity index (χ1v) is 23.4. The number of pyridine rings is 2. The fourth-order valence-corrected chi connectivity index (χ4v) is 10.5. The number of halogens is 3. The predicted molar refractivity (Wildman–Crippen MR) is 250 cm³/mol. The molecule has 3 amide bonds. The Hall–Kier alpha value is -6.79. The summed E-state index contributed by atoms with van der Waals surface area (Å²) in [4.78, 5) is 61.1. The van der Waals surface area contributed by atoms with Crippen molar-refractivity contribution in [3.63, 3.8) is 0 Å². The van der Waals surface area contributed by atoms with Crippen molar-refractivity contribution in [1.29, 1.82) is 0 Å². The van der Waals surface area contributed by atoms with Gasteiger partial charge in [-0.15, -0.1) is 0 Å². The van der Waals surface area contributed by atoms with E-state index in [1.54, 1.807) is 47.1 Å². The standard InChI is InChI=1S/C50H54F3N11O4/c1-54-33-12-18-63(46(66)25-33)44-7-13-55-48-39(44)26-36(59(48)2)28-61-16-10-31(11-17-61)47-41(52)21-32(22-42(47)53)50(68)62-19-20-64-37(29-62)23-35(58-64)27-60-14-8-30(9-15-60)38-4-3-34(24-40(38)51)56-43-5-6-45(65)57-49(43)67/h3-4,7,12-13,18,21-26,30-31,43,54,56H,5-6,8-11,14-17,19-20,27-29H2,1-2H3,(H,57,65,67)/t43-/m1/s1. The van der Waals surface area contributed by atoms with Crippen LogP contribution in [0, 0.1) is 17.5 Å². The number of aryl methyl sites for hydroxylation is 1. The average molecular weight is 930 g/mol. The smallest absolute Gasteiger partial charge is 0.257 e. The number of hydrogen-bond donors (Lipinski definition) is 3. The minimum atomic E-state index is -0.702. The first-order valence-electron chi connectivity index (χ1n) is 23.4. The number of piperidine rings is 3. The van der Waals surface area contributed by atoms with Crippen LogP contribution in [0.1, 0.15) is 88.9 Å². The molecule has 10 rings (SSSR count). The van der Waals surface area contributed by atoms with Crippen LogP contribution in [0.5, 0.6) is 0 Å². The van der Waals surface area contributed by atoms with Gasteiger partial charge in [0.25, 0.3) is 11.5 Å². The molecule has 3 fully saturated rings. The van der Waals surface area contributed by atoms with Gasteiger partial charge in [-0.2, -0.15) is 5.10 Å². The second-order valence-electron chi connectivity index (χ2n) is 18.6. The molecule has 0 spiro atoms. The van der Waals surface area contributed by atoms with Crippen LogP contribution in [-0.4, -0.2) is 102 Å². The van der Waals surface area contributed by atoms with Crippen molar-refractivity contribution in [3.05, 3.63) is 135 Å². The monoisotopic (exact) mass is 929 g/mol. The van der Waals surface area contributed by atoms with E-state index in [1.165, 1.54) is 18.2 Å². The molecule has 8 heterocycles. The van der Waals surface area contributed by atoms with E-state index >= 15 is 13.2 Å². The average Bonchev–Trinajstić information content (AvgIpc) is 3.89. The predicted octanol–water partition coefficient (Wildman–Crippen LogP) is 6.01. The third-order valence-corrected chi connectivity index (χ3v) is 14.3. The highest BCUT2D eigenvalue weighted by Gasteiger charge is 2.31. The van der Waals surface area contributed by atoms with Crippen molar-refractivity contribution in [2.75, 3.05) is 50.4 Å². The zero-order valence-electron chi connectivity index (χ0n) is 38.1. The summed E-state index contributed by atoms with van der Waals surface area (Å²) in [7, 11) is 3.72. The van der Waals surface area contributed by atoms with Gasteiger partial charge >= 0.3 is 0 Å². The Kier molecular flexibility index (Phi) is 12.4. The Labute approximate surface area is 390 Å². The Morgan fingerprint density at radius 1 is 0.794 bits per heavy atom. The molecule has 3 saturated heterocycles. The van der Waals surface area contributed by atoms with Gasteiger partial charge < -0.3 is 20.1 Å². The number of benzene rings is 2. The maximum absolute atomic E-state index is 15.9. The zero-order valence-corrected chi connectivity index (χ0v) is 38.1. The molecule has 18 heteroatoms. The molecule has 0 aliphatic carbocycles. The Morgan fingerprint density at radius 2 is 1.53 bits per heavy atom. The topological polar surface area (TPSA) is 155 Å². The minimum Gasteiger partial charge on any atom is -0.388 e. The fourth-order valence-electron chi connectivity index (χ4n) is 10.5. The number of carbonyl (C=O) groups excluding carboxylic acids is 3. The van der Waals surface area contributed by atoms with Crippen LogP contribution in [0.3, 0.4) is 0 Å². The molecule has 3 N–H and O–H groups in total. The minimum absolute atomic E-state index is 0.0158. The summed E-state index contributed by atoms with van der Waals surface area (Å²) in [6.07, 6.45) is 6.69. The summed E-state index contributed by atoms with van der Waals surface area (Å²) >= 11 is 0. The van der Waals surface area contributed by atoms with Crippen molar-refractivity contribution in [2.45, 2.75) is 82.6 Å². The first kappa shape index (κ1) is 45.0. The van der Waals surface area contributed by atoms with E-state index in [2.05, 4.69) is 36.8 Å². The number of carbonyl (C=O) groups is 3. The van der Waals surface area contributed by atoms with Gasteiger partial charge in [0.2, 0.25) is 11.8 Å². The number of rotatable bonds is 11. The van der Waals surface area contributed by atoms with Gasteiger partial charge in [0.05, 0.1) is 30.2 Å². The number of amides is 3. The zero-order chi connectivity index (χ0) is 47.2. The molecule has 15 nitrogen and oxygen atoms in total. The maximum atomic E-state index is 15.9. The Balaban J connectivity index is 0.718. The SMILES string of the molecule is CNc1ccn(-c2ccnc3c2cc(CN2CCC(c4c(F)cc(C(=O)N5CCn6nc(CN7CCC(c8ccc(N[C@@H]9CCC(=O)NC9=O)cc8F)CC7)cc6C5)cc4F)CC2)n3C)c(=O)c1. The molecule has 68 heavy (non-hydrogen) atoms. The number of nitrogens with zero attached hydrogens (tertiary/aromatic N) is 8. The highest BCUT2D eigenvalue weighted by atomic mass is 19.1. The summed E-state index contributed by atoms with van der Waals surface area (Å²) in [6.45, 7) is 5.05.